The lowest BCUT2D eigenvalue weighted by Gasteiger charge is -2.47. The van der Waals surface area contributed by atoms with Crippen LogP contribution >= 0.6 is 0 Å². The molecule has 0 unspecified atom stereocenters. The van der Waals surface area contributed by atoms with E-state index in [0.29, 0.717) is 11.4 Å². The molecule has 1 saturated heterocycles. The van der Waals surface area contributed by atoms with Crippen LogP contribution in [0.2, 0.25) is 0 Å². The molecule has 1 aromatic carbocycles. The molecule has 178 valence electrons. The standard InChI is InChI=1S/C23H35N3O5S/c1-5-32(29,30)25-15-21(27)26(19-14-17(2)12-13-20(19)31-4)23(3,16-25)22(28)24-18-10-8-6-7-9-11-18/h12-14,18H,5-11,15-16H2,1-4H3,(H,24,28)/t23-/m1/s1. The predicted molar refractivity (Wildman–Crippen MR) is 124 cm³/mol. The van der Waals surface area contributed by atoms with Gasteiger partial charge in [-0.25, -0.2) is 8.42 Å². The molecule has 9 heteroatoms. The van der Waals surface area contributed by atoms with Crippen molar-refractivity contribution >= 4 is 27.5 Å². The maximum atomic E-state index is 13.7. The van der Waals surface area contributed by atoms with E-state index in [9.17, 15) is 18.0 Å². The van der Waals surface area contributed by atoms with Crippen LogP contribution < -0.4 is 15.0 Å². The summed E-state index contributed by atoms with van der Waals surface area (Å²) in [6.45, 7) is 4.67. The summed E-state index contributed by atoms with van der Waals surface area (Å²) in [5, 5.41) is 3.14. The maximum Gasteiger partial charge on any atom is 0.247 e. The van der Waals surface area contributed by atoms with Crippen molar-refractivity contribution in [2.75, 3.05) is 30.9 Å². The van der Waals surface area contributed by atoms with E-state index in [4.69, 9.17) is 4.74 Å². The molecule has 1 aliphatic carbocycles. The number of methoxy groups -OCH3 is 1. The normalized spacial score (nSPS) is 23.6. The van der Waals surface area contributed by atoms with Gasteiger partial charge in [-0.2, -0.15) is 4.31 Å². The summed E-state index contributed by atoms with van der Waals surface area (Å²) in [5.74, 6) is -0.453. The minimum atomic E-state index is -3.65. The number of sulfonamides is 1. The quantitative estimate of drug-likeness (QED) is 0.652. The van der Waals surface area contributed by atoms with E-state index < -0.39 is 21.5 Å². The number of rotatable bonds is 6. The van der Waals surface area contributed by atoms with Gasteiger partial charge in [0.15, 0.2) is 0 Å². The van der Waals surface area contributed by atoms with Gasteiger partial charge in [0.1, 0.15) is 11.3 Å². The minimum Gasteiger partial charge on any atom is -0.495 e. The van der Waals surface area contributed by atoms with Crippen LogP contribution in [0.5, 0.6) is 5.75 Å². The SMILES string of the molecule is CCS(=O)(=O)N1CC(=O)N(c2cc(C)ccc2OC)[C@@](C)(C(=O)NC2CCCCCC2)C1. The Bertz CT molecular complexity index is 956. The van der Waals surface area contributed by atoms with E-state index in [0.717, 1.165) is 48.4 Å². The summed E-state index contributed by atoms with van der Waals surface area (Å²) < 4.78 is 32.0. The van der Waals surface area contributed by atoms with Crippen molar-refractivity contribution in [3.05, 3.63) is 23.8 Å². The van der Waals surface area contributed by atoms with Gasteiger partial charge in [-0.05, 0) is 51.3 Å². The van der Waals surface area contributed by atoms with Crippen molar-refractivity contribution in [2.45, 2.75) is 70.9 Å². The van der Waals surface area contributed by atoms with Gasteiger partial charge in [0, 0.05) is 12.6 Å². The van der Waals surface area contributed by atoms with Crippen molar-refractivity contribution in [1.82, 2.24) is 9.62 Å². The second kappa shape index (κ2) is 9.79. The van der Waals surface area contributed by atoms with Crippen LogP contribution in [0, 0.1) is 6.92 Å². The molecule has 1 N–H and O–H groups in total. The lowest BCUT2D eigenvalue weighted by atomic mass is 9.93. The lowest BCUT2D eigenvalue weighted by molar-refractivity contribution is -0.133. The number of carbonyl (C=O) groups excluding carboxylic acids is 2. The first-order chi connectivity index (χ1) is 15.1. The third-order valence-corrected chi connectivity index (χ3v) is 8.33. The molecule has 1 aliphatic heterocycles. The van der Waals surface area contributed by atoms with Crippen molar-refractivity contribution in [3.8, 4) is 5.75 Å². The maximum absolute atomic E-state index is 13.7. The van der Waals surface area contributed by atoms with E-state index in [1.807, 2.05) is 13.0 Å². The highest BCUT2D eigenvalue weighted by Gasteiger charge is 2.51. The summed E-state index contributed by atoms with van der Waals surface area (Å²) in [6, 6.07) is 5.46. The Morgan fingerprint density at radius 3 is 2.47 bits per heavy atom. The number of carbonyl (C=O) groups is 2. The Morgan fingerprint density at radius 2 is 1.88 bits per heavy atom. The number of nitrogens with zero attached hydrogens (tertiary/aromatic N) is 2. The van der Waals surface area contributed by atoms with Crippen LogP contribution in [0.3, 0.4) is 0 Å². The third kappa shape index (κ3) is 4.93. The second-order valence-electron chi connectivity index (χ2n) is 9.01. The zero-order valence-electron chi connectivity index (χ0n) is 19.5. The van der Waals surface area contributed by atoms with Crippen LogP contribution in [0.25, 0.3) is 0 Å². The zero-order chi connectivity index (χ0) is 23.5. The second-order valence-corrected chi connectivity index (χ2v) is 11.3. The van der Waals surface area contributed by atoms with Gasteiger partial charge in [-0.1, -0.05) is 31.7 Å². The van der Waals surface area contributed by atoms with Crippen LogP contribution in [0.15, 0.2) is 18.2 Å². The molecule has 1 atom stereocenters. The number of hydrogen-bond acceptors (Lipinski definition) is 5. The van der Waals surface area contributed by atoms with Crippen molar-refractivity contribution in [1.29, 1.82) is 0 Å². The number of amides is 2. The van der Waals surface area contributed by atoms with E-state index in [1.165, 1.54) is 12.0 Å². The summed E-state index contributed by atoms with van der Waals surface area (Å²) in [6.07, 6.45) is 6.17. The van der Waals surface area contributed by atoms with Gasteiger partial charge in [0.05, 0.1) is 25.1 Å². The van der Waals surface area contributed by atoms with Gasteiger partial charge in [-0.3, -0.25) is 14.5 Å². The molecule has 0 aromatic heterocycles. The monoisotopic (exact) mass is 465 g/mol. The molecule has 2 fully saturated rings. The Hall–Kier alpha value is -2.13. The minimum absolute atomic E-state index is 0.0244. The Labute approximate surface area is 191 Å². The lowest BCUT2D eigenvalue weighted by Crippen LogP contribution is -2.71. The molecule has 1 aromatic rings. The van der Waals surface area contributed by atoms with Crippen LogP contribution in [0.1, 0.15) is 57.9 Å². The van der Waals surface area contributed by atoms with E-state index in [2.05, 4.69) is 5.32 Å². The fraction of sp³-hybridized carbons (Fsp3) is 0.652. The Balaban J connectivity index is 2.04. The fourth-order valence-electron chi connectivity index (χ4n) is 4.66. The van der Waals surface area contributed by atoms with Gasteiger partial charge < -0.3 is 10.1 Å². The molecule has 0 bridgehead atoms. The smallest absolute Gasteiger partial charge is 0.247 e. The highest BCUT2D eigenvalue weighted by Crippen LogP contribution is 2.37. The average molecular weight is 466 g/mol. The average Bonchev–Trinajstić information content (AvgIpc) is 3.02. The molecule has 3 rings (SSSR count). The third-order valence-electron chi connectivity index (χ3n) is 6.55. The Kier molecular flexibility index (Phi) is 7.50. The van der Waals surface area contributed by atoms with E-state index in [1.54, 1.807) is 26.0 Å². The summed E-state index contributed by atoms with van der Waals surface area (Å²) in [7, 11) is -2.14. The van der Waals surface area contributed by atoms with E-state index >= 15 is 0 Å². The molecule has 32 heavy (non-hydrogen) atoms. The molecule has 8 nitrogen and oxygen atoms in total. The zero-order valence-corrected chi connectivity index (χ0v) is 20.3. The summed E-state index contributed by atoms with van der Waals surface area (Å²) in [5.41, 5.74) is -0.0291. The van der Waals surface area contributed by atoms with Gasteiger partial charge in [-0.15, -0.1) is 0 Å². The first kappa shape index (κ1) is 24.5. The number of benzene rings is 1. The molecule has 1 heterocycles. The Morgan fingerprint density at radius 1 is 1.22 bits per heavy atom. The largest absolute Gasteiger partial charge is 0.495 e. The van der Waals surface area contributed by atoms with Crippen molar-refractivity contribution in [2.24, 2.45) is 0 Å². The fourth-order valence-corrected chi connectivity index (χ4v) is 5.78. The molecule has 0 spiro atoms. The molecular formula is C23H35N3O5S. The molecule has 1 saturated carbocycles. The predicted octanol–water partition coefficient (Wildman–Crippen LogP) is 2.60. The highest BCUT2D eigenvalue weighted by atomic mass is 32.2. The van der Waals surface area contributed by atoms with Gasteiger partial charge in [0.25, 0.3) is 0 Å². The van der Waals surface area contributed by atoms with E-state index in [-0.39, 0.29) is 30.8 Å². The van der Waals surface area contributed by atoms with Crippen LogP contribution in [0.4, 0.5) is 5.69 Å². The number of piperazine rings is 1. The highest BCUT2D eigenvalue weighted by molar-refractivity contribution is 7.89. The molecule has 2 aliphatic rings. The molecular weight excluding hydrogens is 430 g/mol. The topological polar surface area (TPSA) is 96.0 Å². The molecule has 0 radical (unpaired) electrons. The first-order valence-electron chi connectivity index (χ1n) is 11.4. The van der Waals surface area contributed by atoms with Crippen molar-refractivity contribution in [3.63, 3.8) is 0 Å². The van der Waals surface area contributed by atoms with Gasteiger partial charge >= 0.3 is 0 Å². The number of aryl methyl sites for hydroxylation is 1. The van der Waals surface area contributed by atoms with Crippen molar-refractivity contribution < 1.29 is 22.7 Å². The van der Waals surface area contributed by atoms with Crippen LogP contribution in [-0.2, 0) is 19.6 Å². The van der Waals surface area contributed by atoms with Gasteiger partial charge in [0.2, 0.25) is 21.8 Å². The van der Waals surface area contributed by atoms with Crippen LogP contribution in [-0.4, -0.2) is 62.1 Å². The number of ether oxygens (including phenoxy) is 1. The summed E-state index contributed by atoms with van der Waals surface area (Å²) in [4.78, 5) is 28.5. The number of anilines is 1. The first-order valence-corrected chi connectivity index (χ1v) is 13.0. The number of nitrogens with one attached hydrogen (secondary N) is 1. The molecule has 2 amide bonds. The summed E-state index contributed by atoms with van der Waals surface area (Å²) >= 11 is 0. The number of hydrogen-bond donors (Lipinski definition) is 1.